The predicted molar refractivity (Wildman–Crippen MR) is 131 cm³/mol. The molecular formula is C26H26N6O3. The fraction of sp³-hybridized carbons (Fsp3) is 0.385. The Hall–Kier alpha value is -4.06. The van der Waals surface area contributed by atoms with E-state index in [0.717, 1.165) is 24.2 Å². The van der Waals surface area contributed by atoms with Crippen molar-refractivity contribution in [1.29, 1.82) is 5.26 Å². The van der Waals surface area contributed by atoms with Crippen LogP contribution < -0.4 is 10.5 Å². The number of aryl methyl sites for hydroxylation is 1. The van der Waals surface area contributed by atoms with Crippen LogP contribution in [0.4, 0.5) is 5.69 Å². The molecule has 2 aliphatic rings. The van der Waals surface area contributed by atoms with E-state index in [9.17, 15) is 14.9 Å². The van der Waals surface area contributed by atoms with E-state index in [0.29, 0.717) is 48.6 Å². The van der Waals surface area contributed by atoms with Gasteiger partial charge in [0.25, 0.3) is 5.56 Å². The summed E-state index contributed by atoms with van der Waals surface area (Å²) in [5, 5.41) is 13.9. The van der Waals surface area contributed by atoms with Crippen molar-refractivity contribution in [1.82, 2.24) is 14.5 Å². The second-order valence-corrected chi connectivity index (χ2v) is 9.11. The number of rotatable bonds is 7. The van der Waals surface area contributed by atoms with Crippen LogP contribution in [0, 0.1) is 23.2 Å². The van der Waals surface area contributed by atoms with E-state index in [4.69, 9.17) is 4.84 Å². The molecule has 0 spiro atoms. The largest absolute Gasteiger partial charge is 0.395 e. The van der Waals surface area contributed by atoms with Crippen LogP contribution >= 0.6 is 0 Å². The topological polar surface area (TPSA) is 113 Å². The zero-order valence-corrected chi connectivity index (χ0v) is 19.6. The summed E-state index contributed by atoms with van der Waals surface area (Å²) in [7, 11) is 1.61. The van der Waals surface area contributed by atoms with E-state index in [1.165, 1.54) is 17.4 Å². The molecule has 0 radical (unpaired) electrons. The number of carbonyl (C=O) groups excluding carboxylic acids is 1. The molecule has 0 N–H and O–H groups in total. The minimum absolute atomic E-state index is 0.0624. The summed E-state index contributed by atoms with van der Waals surface area (Å²) in [6.45, 7) is 1.82. The molecule has 178 valence electrons. The predicted octanol–water partition coefficient (Wildman–Crippen LogP) is 3.06. The minimum atomic E-state index is -0.375. The van der Waals surface area contributed by atoms with Crippen molar-refractivity contribution >= 4 is 28.7 Å². The first-order chi connectivity index (χ1) is 17.1. The van der Waals surface area contributed by atoms with Gasteiger partial charge in [0, 0.05) is 32.3 Å². The first kappa shape index (κ1) is 22.7. The van der Waals surface area contributed by atoms with Crippen LogP contribution in [-0.4, -0.2) is 46.2 Å². The molecule has 0 atom stereocenters. The van der Waals surface area contributed by atoms with Crippen LogP contribution in [0.1, 0.15) is 47.4 Å². The fourth-order valence-electron chi connectivity index (χ4n) is 4.62. The zero-order valence-electron chi connectivity index (χ0n) is 19.6. The number of nitriles is 1. The molecule has 0 unspecified atom stereocenters. The quantitative estimate of drug-likeness (QED) is 0.296. The van der Waals surface area contributed by atoms with Gasteiger partial charge in [-0.3, -0.25) is 14.6 Å². The smallest absolute Gasteiger partial charge is 0.263 e. The summed E-state index contributed by atoms with van der Waals surface area (Å²) in [6, 6.07) is 11.1. The Morgan fingerprint density at radius 3 is 2.69 bits per heavy atom. The van der Waals surface area contributed by atoms with E-state index in [1.807, 2.05) is 23.1 Å². The lowest BCUT2D eigenvalue weighted by Gasteiger charge is -2.34. The van der Waals surface area contributed by atoms with Gasteiger partial charge in [-0.2, -0.15) is 5.26 Å². The van der Waals surface area contributed by atoms with Gasteiger partial charge in [-0.05, 0) is 55.9 Å². The normalized spacial score (nSPS) is 16.8. The lowest BCUT2D eigenvalue weighted by molar-refractivity contribution is 0.112. The number of hydrogen-bond acceptors (Lipinski definition) is 8. The number of oxime groups is 1. The summed E-state index contributed by atoms with van der Waals surface area (Å²) in [5.74, 6) is 0.729. The number of aldehydes is 1. The van der Waals surface area contributed by atoms with Crippen molar-refractivity contribution in [2.75, 3.05) is 24.6 Å². The lowest BCUT2D eigenvalue weighted by atomic mass is 9.89. The molecule has 3 aromatic heterocycles. The van der Waals surface area contributed by atoms with Crippen molar-refractivity contribution in [2.24, 2.45) is 24.0 Å². The SMILES string of the molecule is Cn1c(=O)c(C=O)c(N2CCC(/C(=N/OCC3CC3)c3ccccn3)CC2)c2nc(C#N)ccc21. The monoisotopic (exact) mass is 470 g/mol. The first-order valence-corrected chi connectivity index (χ1v) is 11.9. The van der Waals surface area contributed by atoms with Gasteiger partial charge in [0.2, 0.25) is 0 Å². The Morgan fingerprint density at radius 2 is 2.03 bits per heavy atom. The molecule has 1 saturated heterocycles. The van der Waals surface area contributed by atoms with Crippen LogP contribution in [0.2, 0.25) is 0 Å². The number of hydrogen-bond donors (Lipinski definition) is 0. The van der Waals surface area contributed by atoms with Crippen molar-refractivity contribution in [2.45, 2.75) is 25.7 Å². The number of aromatic nitrogens is 3. The summed E-state index contributed by atoms with van der Waals surface area (Å²) in [6.07, 6.45) is 6.22. The number of pyridine rings is 3. The lowest BCUT2D eigenvalue weighted by Crippen LogP contribution is -2.39. The van der Waals surface area contributed by atoms with Gasteiger partial charge in [0.05, 0.1) is 16.9 Å². The Labute approximate surface area is 202 Å². The third-order valence-corrected chi connectivity index (χ3v) is 6.78. The van der Waals surface area contributed by atoms with Gasteiger partial charge in [-0.1, -0.05) is 11.2 Å². The molecule has 35 heavy (non-hydrogen) atoms. The van der Waals surface area contributed by atoms with Crippen LogP contribution in [0.25, 0.3) is 11.0 Å². The Kier molecular flexibility index (Phi) is 6.27. The molecule has 4 heterocycles. The molecule has 2 fully saturated rings. The highest BCUT2D eigenvalue weighted by atomic mass is 16.6. The van der Waals surface area contributed by atoms with Crippen molar-refractivity contribution < 1.29 is 9.63 Å². The maximum absolute atomic E-state index is 12.9. The second kappa shape index (κ2) is 9.66. The van der Waals surface area contributed by atoms with Gasteiger partial charge in [-0.25, -0.2) is 4.98 Å². The summed E-state index contributed by atoms with van der Waals surface area (Å²) >= 11 is 0. The van der Waals surface area contributed by atoms with Crippen molar-refractivity contribution in [3.63, 3.8) is 0 Å². The van der Waals surface area contributed by atoms with Crippen molar-refractivity contribution in [3.8, 4) is 6.07 Å². The van der Waals surface area contributed by atoms with Gasteiger partial charge < -0.3 is 14.3 Å². The second-order valence-electron chi connectivity index (χ2n) is 9.11. The third-order valence-electron chi connectivity index (χ3n) is 6.78. The summed E-state index contributed by atoms with van der Waals surface area (Å²) in [4.78, 5) is 41.6. The van der Waals surface area contributed by atoms with Crippen LogP contribution in [0.3, 0.4) is 0 Å². The van der Waals surface area contributed by atoms with Crippen molar-refractivity contribution in [3.05, 3.63) is 63.8 Å². The summed E-state index contributed by atoms with van der Waals surface area (Å²) < 4.78 is 1.41. The fourth-order valence-corrected chi connectivity index (χ4v) is 4.62. The molecule has 9 nitrogen and oxygen atoms in total. The number of fused-ring (bicyclic) bond motifs is 1. The third kappa shape index (κ3) is 4.52. The van der Waals surface area contributed by atoms with Gasteiger partial charge in [-0.15, -0.1) is 0 Å². The molecule has 1 aliphatic heterocycles. The average Bonchev–Trinajstić information content (AvgIpc) is 3.73. The molecule has 0 bridgehead atoms. The first-order valence-electron chi connectivity index (χ1n) is 11.9. The standard InChI is InChI=1S/C26H26N6O3/c1-31-22-8-7-19(14-27)29-24(22)25(20(15-33)26(31)34)32-12-9-18(10-13-32)23(21-4-2-3-11-28-21)30-35-16-17-5-6-17/h2-4,7-8,11,15,17-18H,5-6,9-10,12-13,16H2,1H3/b30-23-. The maximum Gasteiger partial charge on any atom is 0.263 e. The van der Waals surface area contributed by atoms with Gasteiger partial charge >= 0.3 is 0 Å². The van der Waals surface area contributed by atoms with E-state index in [-0.39, 0.29) is 22.7 Å². The molecule has 9 heteroatoms. The number of piperidine rings is 1. The van der Waals surface area contributed by atoms with Gasteiger partial charge in [0.1, 0.15) is 35.2 Å². The highest BCUT2D eigenvalue weighted by Crippen LogP contribution is 2.32. The number of nitrogens with zero attached hydrogens (tertiary/aromatic N) is 6. The molecule has 1 saturated carbocycles. The van der Waals surface area contributed by atoms with E-state index in [1.54, 1.807) is 25.4 Å². The zero-order chi connectivity index (χ0) is 24.4. The number of carbonyl (C=O) groups is 1. The summed E-state index contributed by atoms with van der Waals surface area (Å²) in [5.41, 5.74) is 3.12. The number of anilines is 1. The van der Waals surface area contributed by atoms with Crippen LogP contribution in [0.15, 0.2) is 46.5 Å². The minimum Gasteiger partial charge on any atom is -0.395 e. The molecule has 0 amide bonds. The molecule has 1 aliphatic carbocycles. The Morgan fingerprint density at radius 1 is 1.23 bits per heavy atom. The highest BCUT2D eigenvalue weighted by molar-refractivity contribution is 6.01. The Bertz CT molecular complexity index is 1380. The van der Waals surface area contributed by atoms with Crippen LogP contribution in [-0.2, 0) is 11.9 Å². The molecule has 0 aromatic carbocycles. The Balaban J connectivity index is 1.46. The maximum atomic E-state index is 12.9. The van der Waals surface area contributed by atoms with Gasteiger partial charge in [0.15, 0.2) is 6.29 Å². The highest BCUT2D eigenvalue weighted by Gasteiger charge is 2.30. The molecule has 5 rings (SSSR count). The molecular weight excluding hydrogens is 444 g/mol. The van der Waals surface area contributed by atoms with E-state index in [2.05, 4.69) is 21.2 Å². The van der Waals surface area contributed by atoms with Crippen LogP contribution in [0.5, 0.6) is 0 Å². The van der Waals surface area contributed by atoms with E-state index < -0.39 is 0 Å². The van der Waals surface area contributed by atoms with E-state index >= 15 is 0 Å². The average molecular weight is 471 g/mol. The molecule has 3 aromatic rings.